The van der Waals surface area contributed by atoms with Crippen LogP contribution in [-0.4, -0.2) is 37.7 Å². The van der Waals surface area contributed by atoms with Crippen LogP contribution >= 0.6 is 0 Å². The van der Waals surface area contributed by atoms with Gasteiger partial charge in [-0.25, -0.2) is 4.98 Å². The minimum Gasteiger partial charge on any atom is -0.481 e. The van der Waals surface area contributed by atoms with Gasteiger partial charge in [-0.2, -0.15) is 0 Å². The maximum atomic E-state index is 12.2. The van der Waals surface area contributed by atoms with Crippen LogP contribution in [0.5, 0.6) is 0 Å². The number of nitrogens with zero attached hydrogens (tertiary/aromatic N) is 2. The quantitative estimate of drug-likeness (QED) is 0.150. The van der Waals surface area contributed by atoms with Crippen molar-refractivity contribution in [1.29, 1.82) is 0 Å². The van der Waals surface area contributed by atoms with Crippen LogP contribution < -0.4 is 5.32 Å². The Bertz CT molecular complexity index is 1800. The monoisotopic (exact) mass is 619 g/mol. The van der Waals surface area contributed by atoms with Crippen LogP contribution in [-0.2, 0) is 38.8 Å². The molecule has 0 saturated carbocycles. The first-order valence-electron chi connectivity index (χ1n) is 15.5. The van der Waals surface area contributed by atoms with Gasteiger partial charge in [0, 0.05) is 31.4 Å². The lowest BCUT2D eigenvalue weighted by atomic mass is 9.98. The summed E-state index contributed by atoms with van der Waals surface area (Å²) in [6.45, 7) is 0.964. The Kier molecular flexibility index (Phi) is 9.83. The molecule has 2 heterocycles. The van der Waals surface area contributed by atoms with Gasteiger partial charge < -0.3 is 29.6 Å². The highest BCUT2D eigenvalue weighted by Crippen LogP contribution is 2.39. The molecule has 0 bridgehead atoms. The van der Waals surface area contributed by atoms with Gasteiger partial charge in [0.15, 0.2) is 6.29 Å². The molecule has 4 aromatic carbocycles. The van der Waals surface area contributed by atoms with E-state index in [-0.39, 0.29) is 37.6 Å². The summed E-state index contributed by atoms with van der Waals surface area (Å²) in [6, 6.07) is 32.0. The smallest absolute Gasteiger partial charge is 0.303 e. The van der Waals surface area contributed by atoms with E-state index in [1.165, 1.54) is 0 Å². The fraction of sp³-hybridized carbons (Fsp3) is 0.270. The van der Waals surface area contributed by atoms with Crippen molar-refractivity contribution in [2.24, 2.45) is 0 Å². The molecule has 5 aromatic rings. The molecule has 3 atom stereocenters. The van der Waals surface area contributed by atoms with Crippen molar-refractivity contribution in [1.82, 2.24) is 14.9 Å². The number of fused-ring (bicyclic) bond motifs is 1. The van der Waals surface area contributed by atoms with Gasteiger partial charge in [0.2, 0.25) is 5.91 Å². The molecule has 46 heavy (non-hydrogen) atoms. The molecule has 1 aliphatic heterocycles. The second kappa shape index (κ2) is 14.5. The normalized spacial score (nSPS) is 18.0. The number of ether oxygens (including phenoxy) is 2. The van der Waals surface area contributed by atoms with Gasteiger partial charge in [-0.3, -0.25) is 9.59 Å². The molecule has 1 aliphatic rings. The third-order valence-corrected chi connectivity index (χ3v) is 8.25. The van der Waals surface area contributed by atoms with Crippen molar-refractivity contribution < 1.29 is 29.3 Å². The molecular weight excluding hydrogens is 582 g/mol. The summed E-state index contributed by atoms with van der Waals surface area (Å²) in [6.07, 6.45) is 2.02. The summed E-state index contributed by atoms with van der Waals surface area (Å²) in [7, 11) is 0. The van der Waals surface area contributed by atoms with Crippen LogP contribution in [0.3, 0.4) is 0 Å². The van der Waals surface area contributed by atoms with Crippen LogP contribution in [0.25, 0.3) is 22.2 Å². The van der Waals surface area contributed by atoms with Crippen LogP contribution in [0, 0.1) is 0 Å². The number of carboxylic acid groups (broad SMARTS) is 1. The molecule has 1 aromatic heterocycles. The summed E-state index contributed by atoms with van der Waals surface area (Å²) >= 11 is 0. The zero-order chi connectivity index (χ0) is 31.9. The van der Waals surface area contributed by atoms with E-state index in [1.54, 1.807) is 0 Å². The Hall–Kier alpha value is -4.83. The van der Waals surface area contributed by atoms with E-state index in [4.69, 9.17) is 14.6 Å². The second-order valence-corrected chi connectivity index (χ2v) is 11.6. The van der Waals surface area contributed by atoms with Gasteiger partial charge >= 0.3 is 5.97 Å². The number of para-hydroxylation sites is 2. The molecule has 236 valence electrons. The lowest BCUT2D eigenvalue weighted by Crippen LogP contribution is -2.32. The maximum absolute atomic E-state index is 12.2. The number of carbonyl (C=O) groups excluding carboxylic acids is 1. The van der Waals surface area contributed by atoms with Crippen molar-refractivity contribution in [3.8, 4) is 11.1 Å². The zero-order valence-corrected chi connectivity index (χ0v) is 25.4. The molecule has 0 spiro atoms. The highest BCUT2D eigenvalue weighted by molar-refractivity contribution is 5.77. The van der Waals surface area contributed by atoms with E-state index < -0.39 is 12.3 Å². The van der Waals surface area contributed by atoms with Crippen LogP contribution in [0.15, 0.2) is 103 Å². The average Bonchev–Trinajstić information content (AvgIpc) is 3.49. The molecular formula is C37H37N3O6. The third-order valence-electron chi connectivity index (χ3n) is 8.25. The molecule has 9 nitrogen and oxygen atoms in total. The number of aliphatic carboxylic acids is 1. The SMILES string of the molecule is O=C(O)CCCC(=O)NCc1cccc(-c2cccc(C3OC(Cn4cnc5ccccc54)CC(c4ccc(CO)cc4)O3)c2)c1. The van der Waals surface area contributed by atoms with Crippen molar-refractivity contribution in [2.45, 2.75) is 63.9 Å². The topological polar surface area (TPSA) is 123 Å². The Morgan fingerprint density at radius 3 is 2.43 bits per heavy atom. The van der Waals surface area contributed by atoms with Gasteiger partial charge in [0.25, 0.3) is 0 Å². The molecule has 1 saturated heterocycles. The first kappa shape index (κ1) is 31.2. The number of aliphatic hydroxyl groups excluding tert-OH is 1. The van der Waals surface area contributed by atoms with E-state index >= 15 is 0 Å². The minimum absolute atomic E-state index is 0.0129. The highest BCUT2D eigenvalue weighted by Gasteiger charge is 2.33. The average molecular weight is 620 g/mol. The maximum Gasteiger partial charge on any atom is 0.303 e. The van der Waals surface area contributed by atoms with Gasteiger partial charge in [0.1, 0.15) is 0 Å². The predicted octanol–water partition coefficient (Wildman–Crippen LogP) is 6.31. The summed E-state index contributed by atoms with van der Waals surface area (Å²) in [5.41, 5.74) is 7.69. The second-order valence-electron chi connectivity index (χ2n) is 11.6. The Balaban J connectivity index is 1.21. The van der Waals surface area contributed by atoms with Crippen molar-refractivity contribution in [3.05, 3.63) is 126 Å². The van der Waals surface area contributed by atoms with Crippen LogP contribution in [0.2, 0.25) is 0 Å². The van der Waals surface area contributed by atoms with Gasteiger partial charge in [0.05, 0.1) is 42.7 Å². The van der Waals surface area contributed by atoms with E-state index in [1.807, 2.05) is 91.3 Å². The highest BCUT2D eigenvalue weighted by atomic mass is 16.7. The first-order valence-corrected chi connectivity index (χ1v) is 15.5. The lowest BCUT2D eigenvalue weighted by Gasteiger charge is -2.36. The number of nitrogens with one attached hydrogen (secondary N) is 1. The number of hydrogen-bond acceptors (Lipinski definition) is 6. The largest absolute Gasteiger partial charge is 0.481 e. The fourth-order valence-corrected chi connectivity index (χ4v) is 5.82. The van der Waals surface area contributed by atoms with Crippen LogP contribution in [0.1, 0.15) is 60.3 Å². The van der Waals surface area contributed by atoms with Crippen molar-refractivity contribution in [2.75, 3.05) is 0 Å². The lowest BCUT2D eigenvalue weighted by molar-refractivity contribution is -0.252. The molecule has 0 radical (unpaired) electrons. The molecule has 3 unspecified atom stereocenters. The van der Waals surface area contributed by atoms with E-state index in [9.17, 15) is 14.7 Å². The van der Waals surface area contributed by atoms with Crippen LogP contribution in [0.4, 0.5) is 0 Å². The number of benzene rings is 4. The summed E-state index contributed by atoms with van der Waals surface area (Å²) in [5.74, 6) is -1.07. The van der Waals surface area contributed by atoms with E-state index in [0.29, 0.717) is 25.9 Å². The molecule has 9 heteroatoms. The number of carbonyl (C=O) groups is 2. The Morgan fingerprint density at radius 2 is 1.63 bits per heavy atom. The molecule has 3 N–H and O–H groups in total. The first-order chi connectivity index (χ1) is 22.4. The van der Waals surface area contributed by atoms with E-state index in [0.717, 1.165) is 44.4 Å². The van der Waals surface area contributed by atoms with Gasteiger partial charge in [-0.1, -0.05) is 72.8 Å². The number of rotatable bonds is 12. The number of imidazole rings is 1. The third kappa shape index (κ3) is 7.69. The molecule has 1 amide bonds. The molecule has 6 rings (SSSR count). The van der Waals surface area contributed by atoms with Crippen molar-refractivity contribution >= 4 is 22.9 Å². The minimum atomic E-state index is -0.902. The standard InChI is InChI=1S/C37H37N3O6/c41-23-25-14-16-27(17-15-25)34-20-31(22-40-24-39-32-10-1-2-11-33(32)40)45-37(46-34)30-9-4-8-29(19-30)28-7-3-6-26(18-28)21-38-35(42)12-5-13-36(43)44/h1-4,6-11,14-19,24,31,34,37,41H,5,12-13,20-23H2,(H,38,42)(H,43,44). The number of aliphatic hydroxyl groups is 1. The fourth-order valence-electron chi connectivity index (χ4n) is 5.82. The Morgan fingerprint density at radius 1 is 0.848 bits per heavy atom. The molecule has 0 aliphatic carbocycles. The summed E-state index contributed by atoms with van der Waals surface area (Å²) in [5, 5.41) is 21.2. The zero-order valence-electron chi connectivity index (χ0n) is 25.4. The Labute approximate surface area is 267 Å². The molecule has 1 fully saturated rings. The number of aromatic nitrogens is 2. The number of hydrogen-bond donors (Lipinski definition) is 3. The predicted molar refractivity (Wildman–Crippen MR) is 173 cm³/mol. The van der Waals surface area contributed by atoms with Gasteiger partial charge in [-0.15, -0.1) is 0 Å². The number of carboxylic acids is 1. The van der Waals surface area contributed by atoms with Crippen molar-refractivity contribution in [3.63, 3.8) is 0 Å². The summed E-state index contributed by atoms with van der Waals surface area (Å²) in [4.78, 5) is 27.5. The summed E-state index contributed by atoms with van der Waals surface area (Å²) < 4.78 is 15.4. The van der Waals surface area contributed by atoms with Gasteiger partial charge in [-0.05, 0) is 58.5 Å². The number of amides is 1. The van der Waals surface area contributed by atoms with E-state index in [2.05, 4.69) is 27.0 Å².